The second-order valence-electron chi connectivity index (χ2n) is 4.32. The number of phenols is 2. The van der Waals surface area contributed by atoms with Gasteiger partial charge in [-0.05, 0) is 18.6 Å². The minimum absolute atomic E-state index is 0.0910. The van der Waals surface area contributed by atoms with E-state index in [2.05, 4.69) is 0 Å². The van der Waals surface area contributed by atoms with Gasteiger partial charge in [0.25, 0.3) is 0 Å². The summed E-state index contributed by atoms with van der Waals surface area (Å²) in [6, 6.07) is 2.54. The molecular weight excluding hydrogens is 224 g/mol. The Morgan fingerprint density at radius 1 is 1.47 bits per heavy atom. The highest BCUT2D eigenvalue weighted by Crippen LogP contribution is 2.33. The summed E-state index contributed by atoms with van der Waals surface area (Å²) in [7, 11) is 0. The van der Waals surface area contributed by atoms with Crippen LogP contribution in [-0.2, 0) is 11.2 Å². The SMILES string of the molecule is C[C@H](O)CC1Cc2cc(O)cc(O)c2C(=O)O1. The predicted octanol–water partition coefficient (Wildman–Crippen LogP) is 0.950. The molecule has 5 nitrogen and oxygen atoms in total. The Hall–Kier alpha value is -1.75. The molecule has 1 heterocycles. The molecule has 2 atom stereocenters. The predicted molar refractivity (Wildman–Crippen MR) is 59.0 cm³/mol. The number of aliphatic hydroxyl groups is 1. The maximum atomic E-state index is 11.7. The lowest BCUT2D eigenvalue weighted by Crippen LogP contribution is -2.30. The first-order valence-electron chi connectivity index (χ1n) is 5.41. The van der Waals surface area contributed by atoms with E-state index in [1.54, 1.807) is 6.92 Å². The van der Waals surface area contributed by atoms with Crippen molar-refractivity contribution in [3.63, 3.8) is 0 Å². The third-order valence-electron chi connectivity index (χ3n) is 2.71. The smallest absolute Gasteiger partial charge is 0.342 e. The Balaban J connectivity index is 2.33. The molecule has 1 aromatic rings. The third kappa shape index (κ3) is 2.34. The van der Waals surface area contributed by atoms with Crippen molar-refractivity contribution in [3.05, 3.63) is 23.3 Å². The van der Waals surface area contributed by atoms with E-state index in [4.69, 9.17) is 4.74 Å². The maximum absolute atomic E-state index is 11.7. The highest BCUT2D eigenvalue weighted by Gasteiger charge is 2.30. The summed E-state index contributed by atoms with van der Waals surface area (Å²) in [6.45, 7) is 1.61. The fourth-order valence-electron chi connectivity index (χ4n) is 2.07. The van der Waals surface area contributed by atoms with Gasteiger partial charge < -0.3 is 20.1 Å². The molecule has 3 N–H and O–H groups in total. The standard InChI is InChI=1S/C12H14O5/c1-6(13)2-9-4-7-3-8(14)5-10(15)11(7)12(16)17-9/h3,5-6,9,13-15H,2,4H2,1H3/t6-,9?/m0/s1. The van der Waals surface area contributed by atoms with E-state index in [0.29, 0.717) is 18.4 Å². The summed E-state index contributed by atoms with van der Waals surface area (Å²) < 4.78 is 5.10. The molecule has 17 heavy (non-hydrogen) atoms. The molecule has 0 spiro atoms. The van der Waals surface area contributed by atoms with Crippen molar-refractivity contribution in [1.29, 1.82) is 0 Å². The Morgan fingerprint density at radius 3 is 2.82 bits per heavy atom. The van der Waals surface area contributed by atoms with Gasteiger partial charge in [-0.1, -0.05) is 0 Å². The van der Waals surface area contributed by atoms with E-state index in [0.717, 1.165) is 6.07 Å². The monoisotopic (exact) mass is 238 g/mol. The number of hydrogen-bond acceptors (Lipinski definition) is 5. The molecular formula is C12H14O5. The van der Waals surface area contributed by atoms with E-state index in [9.17, 15) is 20.1 Å². The maximum Gasteiger partial charge on any atom is 0.342 e. The molecule has 1 aliphatic heterocycles. The van der Waals surface area contributed by atoms with Gasteiger partial charge in [0.2, 0.25) is 0 Å². The van der Waals surface area contributed by atoms with Gasteiger partial charge in [-0.3, -0.25) is 0 Å². The molecule has 0 aliphatic carbocycles. The topological polar surface area (TPSA) is 87.0 Å². The number of rotatable bonds is 2. The molecule has 2 rings (SSSR count). The highest BCUT2D eigenvalue weighted by atomic mass is 16.5. The molecule has 5 heteroatoms. The average Bonchev–Trinajstić information content (AvgIpc) is 2.13. The van der Waals surface area contributed by atoms with Crippen LogP contribution in [0.2, 0.25) is 0 Å². The normalized spacial score (nSPS) is 20.6. The Bertz CT molecular complexity index is 452. The summed E-state index contributed by atoms with van der Waals surface area (Å²) in [6.07, 6.45) is -0.272. The molecule has 0 saturated heterocycles. The zero-order valence-corrected chi connectivity index (χ0v) is 9.38. The van der Waals surface area contributed by atoms with Crippen LogP contribution in [0.5, 0.6) is 11.5 Å². The highest BCUT2D eigenvalue weighted by molar-refractivity contribution is 5.95. The van der Waals surface area contributed by atoms with Gasteiger partial charge in [0.15, 0.2) is 0 Å². The number of carbonyl (C=O) groups is 1. The number of phenolic OH excluding ortho intramolecular Hbond substituents is 2. The van der Waals surface area contributed by atoms with Crippen molar-refractivity contribution in [3.8, 4) is 11.5 Å². The Morgan fingerprint density at radius 2 is 2.18 bits per heavy atom. The molecule has 1 aromatic carbocycles. The first-order chi connectivity index (χ1) is 7.97. The van der Waals surface area contributed by atoms with Gasteiger partial charge in [-0.15, -0.1) is 0 Å². The lowest BCUT2D eigenvalue weighted by atomic mass is 9.95. The first kappa shape index (κ1) is 11.7. The van der Waals surface area contributed by atoms with E-state index >= 15 is 0 Å². The first-order valence-corrected chi connectivity index (χ1v) is 5.41. The van der Waals surface area contributed by atoms with Crippen molar-refractivity contribution in [1.82, 2.24) is 0 Å². The number of ether oxygens (including phenoxy) is 1. The molecule has 0 fully saturated rings. The van der Waals surface area contributed by atoms with Crippen molar-refractivity contribution in [2.75, 3.05) is 0 Å². The molecule has 0 radical (unpaired) electrons. The summed E-state index contributed by atoms with van der Waals surface area (Å²) in [5.74, 6) is -0.985. The van der Waals surface area contributed by atoms with Crippen molar-refractivity contribution < 1.29 is 24.9 Å². The van der Waals surface area contributed by atoms with Crippen LogP contribution >= 0.6 is 0 Å². The average molecular weight is 238 g/mol. The fourth-order valence-corrected chi connectivity index (χ4v) is 2.07. The van der Waals surface area contributed by atoms with Crippen LogP contribution < -0.4 is 0 Å². The van der Waals surface area contributed by atoms with Crippen molar-refractivity contribution in [2.45, 2.75) is 32.0 Å². The van der Waals surface area contributed by atoms with Crippen LogP contribution in [0.15, 0.2) is 12.1 Å². The van der Waals surface area contributed by atoms with E-state index < -0.39 is 18.2 Å². The van der Waals surface area contributed by atoms with Crippen LogP contribution in [0.3, 0.4) is 0 Å². The summed E-state index contributed by atoms with van der Waals surface area (Å²) in [4.78, 5) is 11.7. The number of benzene rings is 1. The second kappa shape index (κ2) is 4.25. The number of aliphatic hydroxyl groups excluding tert-OH is 1. The molecule has 0 amide bonds. The van der Waals surface area contributed by atoms with Crippen molar-refractivity contribution in [2.24, 2.45) is 0 Å². The van der Waals surface area contributed by atoms with Gasteiger partial charge in [-0.25, -0.2) is 4.79 Å². The minimum atomic E-state index is -0.616. The van der Waals surface area contributed by atoms with Crippen LogP contribution in [0, 0.1) is 0 Å². The fraction of sp³-hybridized carbons (Fsp3) is 0.417. The number of esters is 1. The molecule has 0 saturated carbocycles. The molecule has 92 valence electrons. The summed E-state index contributed by atoms with van der Waals surface area (Å²) >= 11 is 0. The van der Waals surface area contributed by atoms with Crippen molar-refractivity contribution >= 4 is 5.97 Å². The number of carbonyl (C=O) groups excluding carboxylic acids is 1. The van der Waals surface area contributed by atoms with Gasteiger partial charge in [0.1, 0.15) is 23.2 Å². The van der Waals surface area contributed by atoms with Gasteiger partial charge >= 0.3 is 5.97 Å². The Labute approximate surface area is 98.3 Å². The van der Waals surface area contributed by atoms with Crippen LogP contribution in [-0.4, -0.2) is 33.5 Å². The van der Waals surface area contributed by atoms with Gasteiger partial charge in [0, 0.05) is 18.9 Å². The zero-order chi connectivity index (χ0) is 12.6. The number of cyclic esters (lactones) is 1. The second-order valence-corrected chi connectivity index (χ2v) is 4.32. The number of hydrogen-bond donors (Lipinski definition) is 3. The summed E-state index contributed by atoms with van der Waals surface area (Å²) in [5, 5.41) is 28.2. The third-order valence-corrected chi connectivity index (χ3v) is 2.71. The van der Waals surface area contributed by atoms with E-state index in [-0.39, 0.29) is 17.1 Å². The lowest BCUT2D eigenvalue weighted by molar-refractivity contribution is 0.0120. The van der Waals surface area contributed by atoms with Gasteiger partial charge in [0.05, 0.1) is 6.10 Å². The zero-order valence-electron chi connectivity index (χ0n) is 9.38. The quantitative estimate of drug-likeness (QED) is 0.668. The number of fused-ring (bicyclic) bond motifs is 1. The molecule has 0 aromatic heterocycles. The van der Waals surface area contributed by atoms with E-state index in [1.165, 1.54) is 6.07 Å². The van der Waals surface area contributed by atoms with Crippen LogP contribution in [0.25, 0.3) is 0 Å². The molecule has 1 unspecified atom stereocenters. The van der Waals surface area contributed by atoms with Crippen LogP contribution in [0.4, 0.5) is 0 Å². The summed E-state index contributed by atoms with van der Waals surface area (Å²) in [5.41, 5.74) is 0.647. The largest absolute Gasteiger partial charge is 0.508 e. The lowest BCUT2D eigenvalue weighted by Gasteiger charge is -2.26. The van der Waals surface area contributed by atoms with Crippen LogP contribution in [0.1, 0.15) is 29.3 Å². The van der Waals surface area contributed by atoms with Gasteiger partial charge in [-0.2, -0.15) is 0 Å². The minimum Gasteiger partial charge on any atom is -0.508 e. The number of aromatic hydroxyl groups is 2. The Kier molecular flexibility index (Phi) is 2.93. The molecule has 1 aliphatic rings. The van der Waals surface area contributed by atoms with E-state index in [1.807, 2.05) is 0 Å². The molecule has 0 bridgehead atoms.